The summed E-state index contributed by atoms with van der Waals surface area (Å²) in [7, 11) is 1.65. The summed E-state index contributed by atoms with van der Waals surface area (Å²) in [6.45, 7) is 0. The molecule has 0 bridgehead atoms. The lowest BCUT2D eigenvalue weighted by Gasteiger charge is -2.20. The van der Waals surface area contributed by atoms with Gasteiger partial charge in [0.2, 0.25) is 0 Å². The van der Waals surface area contributed by atoms with E-state index in [0.717, 1.165) is 18.3 Å². The van der Waals surface area contributed by atoms with Gasteiger partial charge in [-0.2, -0.15) is 0 Å². The van der Waals surface area contributed by atoms with Crippen molar-refractivity contribution in [2.75, 3.05) is 22.6 Å². The maximum absolute atomic E-state index is 14.0. The number of benzene rings is 2. The summed E-state index contributed by atoms with van der Waals surface area (Å²) < 4.78 is 54.3. The number of nitrogens with zero attached hydrogens (tertiary/aromatic N) is 2. The molecule has 3 aromatic rings. The van der Waals surface area contributed by atoms with Crippen LogP contribution in [0.5, 0.6) is 5.75 Å². The normalized spacial score (nSPS) is 11.0. The molecule has 6 nitrogen and oxygen atoms in total. The first-order chi connectivity index (χ1) is 14.6. The fourth-order valence-electron chi connectivity index (χ4n) is 2.60. The second kappa shape index (κ2) is 9.09. The average molecular weight is 455 g/mol. The van der Waals surface area contributed by atoms with Gasteiger partial charge in [0.1, 0.15) is 10.9 Å². The van der Waals surface area contributed by atoms with Crippen molar-refractivity contribution in [1.29, 1.82) is 0 Å². The standard InChI is InChI=1S/C20H15ClF4N4O2/c1-29(17-10-18(21)26-11-16(17)22)14-6-2-12(3-7-14)27-19(30)28-13-4-8-15(9-5-13)31-20(23,24)25/h2-11H,1H3,(H2,27,28,30). The minimum atomic E-state index is -4.79. The SMILES string of the molecule is CN(c1ccc(NC(=O)Nc2ccc(OC(F)(F)F)cc2)cc1)c1cc(Cl)ncc1F. The Labute approximate surface area is 179 Å². The molecule has 2 N–H and O–H groups in total. The molecule has 0 radical (unpaired) electrons. The lowest BCUT2D eigenvalue weighted by Crippen LogP contribution is -2.20. The van der Waals surface area contributed by atoms with Gasteiger partial charge in [-0.1, -0.05) is 11.6 Å². The van der Waals surface area contributed by atoms with Crippen molar-refractivity contribution in [2.45, 2.75) is 6.36 Å². The molecule has 2 amide bonds. The van der Waals surface area contributed by atoms with Crippen molar-refractivity contribution in [1.82, 2.24) is 4.98 Å². The van der Waals surface area contributed by atoms with Crippen molar-refractivity contribution in [3.63, 3.8) is 0 Å². The van der Waals surface area contributed by atoms with Crippen LogP contribution >= 0.6 is 11.6 Å². The Kier molecular flexibility index (Phi) is 6.50. The number of anilines is 4. The van der Waals surface area contributed by atoms with Gasteiger partial charge in [-0.15, -0.1) is 13.2 Å². The molecule has 0 aliphatic rings. The van der Waals surface area contributed by atoms with E-state index < -0.39 is 24.0 Å². The highest BCUT2D eigenvalue weighted by Crippen LogP contribution is 2.29. The van der Waals surface area contributed by atoms with E-state index in [1.807, 2.05) is 0 Å². The Morgan fingerprint density at radius 3 is 2.13 bits per heavy atom. The first kappa shape index (κ1) is 22.2. The Bertz CT molecular complexity index is 1060. The predicted octanol–water partition coefficient (Wildman–Crippen LogP) is 6.18. The van der Waals surface area contributed by atoms with E-state index in [2.05, 4.69) is 20.4 Å². The molecule has 0 fully saturated rings. The van der Waals surface area contributed by atoms with Crippen LogP contribution in [0.2, 0.25) is 5.15 Å². The summed E-state index contributed by atoms with van der Waals surface area (Å²) >= 11 is 5.82. The molecule has 0 aliphatic heterocycles. The van der Waals surface area contributed by atoms with Gasteiger partial charge in [-0.3, -0.25) is 0 Å². The molecule has 0 saturated heterocycles. The number of alkyl halides is 3. The molecular formula is C20H15ClF4N4O2. The van der Waals surface area contributed by atoms with Gasteiger partial charge in [0, 0.05) is 30.2 Å². The van der Waals surface area contributed by atoms with E-state index in [-0.39, 0.29) is 16.5 Å². The molecule has 1 heterocycles. The first-order valence-corrected chi connectivity index (χ1v) is 9.07. The number of ether oxygens (including phenoxy) is 1. The fraction of sp³-hybridized carbons (Fsp3) is 0.100. The minimum absolute atomic E-state index is 0.149. The summed E-state index contributed by atoms with van der Waals surface area (Å²) in [5, 5.41) is 5.22. The smallest absolute Gasteiger partial charge is 0.406 e. The van der Waals surface area contributed by atoms with Gasteiger partial charge in [0.25, 0.3) is 0 Å². The largest absolute Gasteiger partial charge is 0.573 e. The Hall–Kier alpha value is -3.53. The zero-order chi connectivity index (χ0) is 22.6. The molecule has 162 valence electrons. The van der Waals surface area contributed by atoms with E-state index in [1.165, 1.54) is 18.2 Å². The summed E-state index contributed by atoms with van der Waals surface area (Å²) in [5.74, 6) is -0.940. The highest BCUT2D eigenvalue weighted by atomic mass is 35.5. The summed E-state index contributed by atoms with van der Waals surface area (Å²) in [6.07, 6.45) is -3.77. The maximum Gasteiger partial charge on any atom is 0.573 e. The number of rotatable bonds is 5. The van der Waals surface area contributed by atoms with Gasteiger partial charge < -0.3 is 20.3 Å². The number of carbonyl (C=O) groups is 1. The monoisotopic (exact) mass is 454 g/mol. The molecule has 0 unspecified atom stereocenters. The summed E-state index contributed by atoms with van der Waals surface area (Å²) in [4.78, 5) is 17.3. The van der Waals surface area contributed by atoms with E-state index in [4.69, 9.17) is 11.6 Å². The van der Waals surface area contributed by atoms with Crippen LogP contribution in [-0.2, 0) is 0 Å². The number of nitrogens with one attached hydrogen (secondary N) is 2. The average Bonchev–Trinajstić information content (AvgIpc) is 2.70. The van der Waals surface area contributed by atoms with Gasteiger partial charge in [-0.25, -0.2) is 14.2 Å². The van der Waals surface area contributed by atoms with Crippen molar-refractivity contribution < 1.29 is 27.1 Å². The molecule has 11 heteroatoms. The predicted molar refractivity (Wildman–Crippen MR) is 109 cm³/mol. The van der Waals surface area contributed by atoms with E-state index in [1.54, 1.807) is 36.2 Å². The van der Waals surface area contributed by atoms with Crippen LogP contribution in [0.25, 0.3) is 0 Å². The Balaban J connectivity index is 1.60. The zero-order valence-corrected chi connectivity index (χ0v) is 16.6. The number of urea groups is 1. The molecule has 3 rings (SSSR count). The van der Waals surface area contributed by atoms with Gasteiger partial charge in [0.05, 0.1) is 11.9 Å². The van der Waals surface area contributed by atoms with Crippen molar-refractivity contribution in [2.24, 2.45) is 0 Å². The van der Waals surface area contributed by atoms with E-state index >= 15 is 0 Å². The van der Waals surface area contributed by atoms with Crippen molar-refractivity contribution >= 4 is 40.4 Å². The molecule has 31 heavy (non-hydrogen) atoms. The molecular weight excluding hydrogens is 440 g/mol. The van der Waals surface area contributed by atoms with E-state index in [0.29, 0.717) is 11.4 Å². The minimum Gasteiger partial charge on any atom is -0.406 e. The van der Waals surface area contributed by atoms with Crippen molar-refractivity contribution in [3.8, 4) is 5.75 Å². The van der Waals surface area contributed by atoms with Crippen LogP contribution < -0.4 is 20.3 Å². The van der Waals surface area contributed by atoms with Crippen LogP contribution in [0.3, 0.4) is 0 Å². The third-order valence-corrected chi connectivity index (χ3v) is 4.23. The summed E-state index contributed by atoms with van der Waals surface area (Å²) in [5.41, 5.74) is 1.58. The number of carbonyl (C=O) groups excluding carboxylic acids is 1. The molecule has 0 atom stereocenters. The number of hydrogen-bond acceptors (Lipinski definition) is 4. The van der Waals surface area contributed by atoms with Crippen LogP contribution in [0.4, 0.5) is 45.1 Å². The van der Waals surface area contributed by atoms with Crippen LogP contribution in [0.1, 0.15) is 0 Å². The molecule has 1 aromatic heterocycles. The topological polar surface area (TPSA) is 66.5 Å². The Morgan fingerprint density at radius 1 is 1.03 bits per heavy atom. The molecule has 0 spiro atoms. The fourth-order valence-corrected chi connectivity index (χ4v) is 2.75. The second-order valence-electron chi connectivity index (χ2n) is 6.22. The van der Waals surface area contributed by atoms with Crippen LogP contribution in [0.15, 0.2) is 60.8 Å². The number of aromatic nitrogens is 1. The number of halogens is 5. The second-order valence-corrected chi connectivity index (χ2v) is 6.60. The first-order valence-electron chi connectivity index (χ1n) is 8.69. The Morgan fingerprint density at radius 2 is 1.58 bits per heavy atom. The zero-order valence-electron chi connectivity index (χ0n) is 15.9. The quantitative estimate of drug-likeness (QED) is 0.356. The third-order valence-electron chi connectivity index (χ3n) is 4.02. The molecule has 0 saturated carbocycles. The maximum atomic E-state index is 14.0. The molecule has 0 aliphatic carbocycles. The molecule has 2 aromatic carbocycles. The van der Waals surface area contributed by atoms with Gasteiger partial charge in [-0.05, 0) is 48.5 Å². The highest BCUT2D eigenvalue weighted by molar-refractivity contribution is 6.29. The lowest BCUT2D eigenvalue weighted by molar-refractivity contribution is -0.274. The van der Waals surface area contributed by atoms with Gasteiger partial charge >= 0.3 is 12.4 Å². The van der Waals surface area contributed by atoms with E-state index in [9.17, 15) is 22.4 Å². The number of amides is 2. The third kappa shape index (κ3) is 6.22. The van der Waals surface area contributed by atoms with Crippen molar-refractivity contribution in [3.05, 3.63) is 71.8 Å². The number of hydrogen-bond donors (Lipinski definition) is 2. The van der Waals surface area contributed by atoms with Crippen LogP contribution in [0, 0.1) is 5.82 Å². The summed E-state index contributed by atoms with van der Waals surface area (Å²) in [6, 6.07) is 12.0. The van der Waals surface area contributed by atoms with Crippen LogP contribution in [-0.4, -0.2) is 24.4 Å². The lowest BCUT2D eigenvalue weighted by atomic mass is 10.2. The highest BCUT2D eigenvalue weighted by Gasteiger charge is 2.30. The number of pyridine rings is 1. The van der Waals surface area contributed by atoms with Gasteiger partial charge in [0.15, 0.2) is 5.82 Å².